The summed E-state index contributed by atoms with van der Waals surface area (Å²) in [6, 6.07) is 4.63. The van der Waals surface area contributed by atoms with E-state index in [2.05, 4.69) is 19.5 Å². The maximum Gasteiger partial charge on any atom is 0.437 e. The number of ether oxygens (including phenoxy) is 1. The zero-order valence-corrected chi connectivity index (χ0v) is 17.7. The van der Waals surface area contributed by atoms with E-state index < -0.39 is 44.1 Å². The van der Waals surface area contributed by atoms with Gasteiger partial charge in [0.1, 0.15) is 17.8 Å². The third-order valence-electron chi connectivity index (χ3n) is 3.98. The molecule has 176 valence electrons. The summed E-state index contributed by atoms with van der Waals surface area (Å²) < 4.78 is 96.5. The fourth-order valence-electron chi connectivity index (χ4n) is 2.56. The van der Waals surface area contributed by atoms with E-state index in [1.807, 2.05) is 0 Å². The van der Waals surface area contributed by atoms with Crippen LogP contribution in [0, 0.1) is 0 Å². The molecule has 0 spiro atoms. The van der Waals surface area contributed by atoms with Crippen molar-refractivity contribution in [3.05, 3.63) is 29.8 Å². The summed E-state index contributed by atoms with van der Waals surface area (Å²) in [4.78, 5) is 3.86. The van der Waals surface area contributed by atoms with Gasteiger partial charge in [0.2, 0.25) is 0 Å². The monoisotopic (exact) mass is 494 g/mol. The lowest BCUT2D eigenvalue weighted by Gasteiger charge is -2.28. The van der Waals surface area contributed by atoms with E-state index in [9.17, 15) is 30.4 Å². The first-order chi connectivity index (χ1) is 14.5. The molecule has 0 amide bonds. The van der Waals surface area contributed by atoms with Gasteiger partial charge < -0.3 is 4.74 Å². The van der Waals surface area contributed by atoms with Gasteiger partial charge in [0.25, 0.3) is 10.0 Å². The number of alkyl halides is 5. The van der Waals surface area contributed by atoms with Crippen molar-refractivity contribution < 1.29 is 49.5 Å². The number of benzene rings is 1. The number of nitrogens with zero attached hydrogens (tertiary/aromatic N) is 2. The van der Waals surface area contributed by atoms with E-state index in [4.69, 9.17) is 4.74 Å². The summed E-state index contributed by atoms with van der Waals surface area (Å²) in [7, 11) is -5.07. The number of halogens is 5. The van der Waals surface area contributed by atoms with Crippen LogP contribution in [0.5, 0.6) is 5.75 Å². The fraction of sp³-hybridized carbons (Fsp3) is 0.562. The summed E-state index contributed by atoms with van der Waals surface area (Å²) in [6.07, 6.45) is -3.40. The van der Waals surface area contributed by atoms with E-state index in [0.717, 1.165) is 12.1 Å². The van der Waals surface area contributed by atoms with E-state index >= 15 is 0 Å². The summed E-state index contributed by atoms with van der Waals surface area (Å²) in [6.45, 7) is 1.86. The number of rotatable bonds is 10. The van der Waals surface area contributed by atoms with Crippen LogP contribution in [-0.4, -0.2) is 48.9 Å². The Morgan fingerprint density at radius 3 is 2.26 bits per heavy atom. The van der Waals surface area contributed by atoms with Gasteiger partial charge in [-0.25, -0.2) is 8.42 Å². The minimum atomic E-state index is -5.07. The Balaban J connectivity index is 1.96. The molecule has 0 aliphatic carbocycles. The molecule has 0 aromatic heterocycles. The standard InChI is InChI=1S/C16H19F5N2O6S2/c1-2-26-13-8-6-12(7-9-13)14(15(17,18)19)22-27-28-29-30-16(20,21)31(24,25)23-10-4-3-5-11-23/h6-9H,2-5,10-11H2,1H3/b22-14+. The maximum atomic E-state index is 14.0. The van der Waals surface area contributed by atoms with Gasteiger partial charge in [0.05, 0.1) is 6.61 Å². The van der Waals surface area contributed by atoms with Gasteiger partial charge in [-0.3, -0.25) is 0 Å². The number of hydrogen-bond donors (Lipinski definition) is 0. The first-order valence-electron chi connectivity index (χ1n) is 8.93. The molecule has 15 heteroatoms. The summed E-state index contributed by atoms with van der Waals surface area (Å²) >= 11 is -0.936. The Hall–Kier alpha value is -1.68. The van der Waals surface area contributed by atoms with Crippen molar-refractivity contribution in [2.24, 2.45) is 5.16 Å². The lowest BCUT2D eigenvalue weighted by Crippen LogP contribution is -2.44. The lowest BCUT2D eigenvalue weighted by molar-refractivity contribution is -0.463. The number of oxime groups is 1. The first kappa shape index (κ1) is 25.6. The van der Waals surface area contributed by atoms with Crippen molar-refractivity contribution in [2.45, 2.75) is 36.9 Å². The Bertz CT molecular complexity index is 843. The van der Waals surface area contributed by atoms with Crippen molar-refractivity contribution in [3.63, 3.8) is 0 Å². The first-order valence-corrected chi connectivity index (χ1v) is 11.1. The molecule has 31 heavy (non-hydrogen) atoms. The molecular weight excluding hydrogens is 475 g/mol. The molecule has 1 saturated heterocycles. The molecule has 2 rings (SSSR count). The van der Waals surface area contributed by atoms with Gasteiger partial charge in [-0.2, -0.15) is 31.2 Å². The average molecular weight is 494 g/mol. The van der Waals surface area contributed by atoms with Crippen LogP contribution >= 0.6 is 12.0 Å². The lowest BCUT2D eigenvalue weighted by atomic mass is 10.1. The topological polar surface area (TPSA) is 86.7 Å². The summed E-state index contributed by atoms with van der Waals surface area (Å²) in [5, 5.41) is 6.45. The molecule has 0 saturated carbocycles. The number of piperidine rings is 1. The van der Waals surface area contributed by atoms with Crippen molar-refractivity contribution in [3.8, 4) is 5.75 Å². The number of sulfonamides is 1. The largest absolute Gasteiger partial charge is 0.494 e. The predicted octanol–water partition coefficient (Wildman–Crippen LogP) is 4.25. The highest BCUT2D eigenvalue weighted by atomic mass is 32.3. The minimum Gasteiger partial charge on any atom is -0.494 e. The van der Waals surface area contributed by atoms with E-state index in [0.29, 0.717) is 35.9 Å². The molecule has 0 bridgehead atoms. The third kappa shape index (κ3) is 6.90. The molecule has 0 N–H and O–H groups in total. The second-order valence-electron chi connectivity index (χ2n) is 6.12. The third-order valence-corrected chi connectivity index (χ3v) is 6.78. The molecule has 0 unspecified atom stereocenters. The van der Waals surface area contributed by atoms with Gasteiger partial charge in [0.15, 0.2) is 5.71 Å². The quantitative estimate of drug-likeness (QED) is 0.120. The van der Waals surface area contributed by atoms with Crippen LogP contribution < -0.4 is 4.74 Å². The summed E-state index contributed by atoms with van der Waals surface area (Å²) in [5.74, 6) is 0.321. The molecule has 1 aliphatic heterocycles. The molecule has 1 aliphatic rings. The van der Waals surface area contributed by atoms with Gasteiger partial charge in [-0.15, -0.1) is 4.33 Å². The second kappa shape index (κ2) is 10.8. The van der Waals surface area contributed by atoms with Gasteiger partial charge in [-0.05, 0) is 49.2 Å². The van der Waals surface area contributed by atoms with Crippen LogP contribution in [0.4, 0.5) is 22.0 Å². The Labute approximate surface area is 179 Å². The Morgan fingerprint density at radius 2 is 1.71 bits per heavy atom. The van der Waals surface area contributed by atoms with Crippen LogP contribution in [0.3, 0.4) is 0 Å². The molecular formula is C16H19F5N2O6S2. The van der Waals surface area contributed by atoms with E-state index in [-0.39, 0.29) is 13.1 Å². The average Bonchev–Trinajstić information content (AvgIpc) is 2.71. The highest BCUT2D eigenvalue weighted by Gasteiger charge is 2.52. The molecule has 0 radical (unpaired) electrons. The smallest absolute Gasteiger partial charge is 0.437 e. The molecule has 8 nitrogen and oxygen atoms in total. The van der Waals surface area contributed by atoms with Gasteiger partial charge >= 0.3 is 10.8 Å². The SMILES string of the molecule is CCOc1ccc(/C(=N\OOOSC(F)(F)S(=O)(=O)N2CCCCC2)C(F)(F)F)cc1. The Kier molecular flexibility index (Phi) is 8.88. The van der Waals surface area contributed by atoms with Crippen LogP contribution in [0.1, 0.15) is 31.7 Å². The zero-order valence-electron chi connectivity index (χ0n) is 16.1. The zero-order chi connectivity index (χ0) is 23.1. The van der Waals surface area contributed by atoms with Crippen LogP contribution in [-0.2, 0) is 24.4 Å². The summed E-state index contributed by atoms with van der Waals surface area (Å²) in [5.41, 5.74) is -1.97. The maximum absolute atomic E-state index is 14.0. The molecule has 1 fully saturated rings. The highest BCUT2D eigenvalue weighted by molar-refractivity contribution is 8.10. The normalized spacial score (nSPS) is 16.9. The van der Waals surface area contributed by atoms with Crippen molar-refractivity contribution >= 4 is 27.8 Å². The fourth-order valence-corrected chi connectivity index (χ4v) is 4.48. The highest BCUT2D eigenvalue weighted by Crippen LogP contribution is 2.38. The second-order valence-corrected chi connectivity index (χ2v) is 9.17. The van der Waals surface area contributed by atoms with E-state index in [1.165, 1.54) is 12.1 Å². The number of hydrogen-bond acceptors (Lipinski definition) is 8. The molecule has 0 atom stereocenters. The van der Waals surface area contributed by atoms with Crippen molar-refractivity contribution in [1.82, 2.24) is 4.31 Å². The van der Waals surface area contributed by atoms with E-state index in [1.54, 1.807) is 6.92 Å². The van der Waals surface area contributed by atoms with Crippen LogP contribution in [0.2, 0.25) is 0 Å². The van der Waals surface area contributed by atoms with Crippen molar-refractivity contribution in [1.29, 1.82) is 0 Å². The molecule has 1 aromatic carbocycles. The molecule has 1 heterocycles. The van der Waals surface area contributed by atoms with Gasteiger partial charge in [0, 0.05) is 23.7 Å². The van der Waals surface area contributed by atoms with Crippen molar-refractivity contribution in [2.75, 3.05) is 19.7 Å². The van der Waals surface area contributed by atoms with Gasteiger partial charge in [-0.1, -0.05) is 6.42 Å². The molecule has 1 aromatic rings. The van der Waals surface area contributed by atoms with Crippen LogP contribution in [0.15, 0.2) is 29.4 Å². The predicted molar refractivity (Wildman–Crippen MR) is 100 cm³/mol. The Morgan fingerprint density at radius 1 is 1.10 bits per heavy atom. The van der Waals surface area contributed by atoms with Crippen LogP contribution in [0.25, 0.3) is 0 Å². The minimum absolute atomic E-state index is 0.0723.